The van der Waals surface area contributed by atoms with Crippen molar-refractivity contribution < 1.29 is 9.90 Å². The Morgan fingerprint density at radius 1 is 1.65 bits per heavy atom. The van der Waals surface area contributed by atoms with Crippen LogP contribution in [0, 0.1) is 5.92 Å². The lowest BCUT2D eigenvalue weighted by Crippen LogP contribution is -2.41. The molecule has 0 saturated heterocycles. The zero-order valence-electron chi connectivity index (χ0n) is 10.1. The average Bonchev–Trinajstić information content (AvgIpc) is 2.74. The van der Waals surface area contributed by atoms with E-state index in [-0.39, 0.29) is 24.5 Å². The molecule has 1 aromatic heterocycles. The Labute approximate surface area is 105 Å². The zero-order valence-corrected chi connectivity index (χ0v) is 11.0. The smallest absolute Gasteiger partial charge is 0.271 e. The molecule has 0 fully saturated rings. The van der Waals surface area contributed by atoms with Crippen LogP contribution in [0.5, 0.6) is 0 Å². The van der Waals surface area contributed by atoms with Gasteiger partial charge in [0.25, 0.3) is 5.91 Å². The molecule has 0 unspecified atom stereocenters. The minimum absolute atomic E-state index is 0.0663. The van der Waals surface area contributed by atoms with Crippen LogP contribution in [0.4, 0.5) is 0 Å². The fourth-order valence-electron chi connectivity index (χ4n) is 1.32. The molecule has 6 heteroatoms. The van der Waals surface area contributed by atoms with Gasteiger partial charge in [-0.2, -0.15) is 0 Å². The summed E-state index contributed by atoms with van der Waals surface area (Å²) >= 11 is 1.43. The molecule has 0 aliphatic rings. The van der Waals surface area contributed by atoms with Gasteiger partial charge in [0, 0.05) is 11.8 Å². The molecule has 17 heavy (non-hydrogen) atoms. The van der Waals surface area contributed by atoms with Crippen molar-refractivity contribution in [3.05, 3.63) is 16.1 Å². The van der Waals surface area contributed by atoms with Crippen molar-refractivity contribution in [3.8, 4) is 0 Å². The van der Waals surface area contributed by atoms with Crippen LogP contribution >= 0.6 is 11.3 Å². The molecule has 0 aromatic carbocycles. The summed E-state index contributed by atoms with van der Waals surface area (Å²) in [4.78, 5) is 16.0. The van der Waals surface area contributed by atoms with Gasteiger partial charge in [-0.15, -0.1) is 11.3 Å². The summed E-state index contributed by atoms with van der Waals surface area (Å²) in [5, 5.41) is 14.5. The van der Waals surface area contributed by atoms with Gasteiger partial charge in [-0.25, -0.2) is 4.98 Å². The first-order valence-electron chi connectivity index (χ1n) is 5.64. The number of carbonyl (C=O) groups excluding carboxylic acids is 1. The zero-order chi connectivity index (χ0) is 12.8. The third-order valence-electron chi connectivity index (χ3n) is 2.46. The van der Waals surface area contributed by atoms with Crippen LogP contribution in [0.1, 0.15) is 29.3 Å². The van der Waals surface area contributed by atoms with E-state index >= 15 is 0 Å². The second-order valence-corrected chi connectivity index (χ2v) is 5.11. The standard InChI is InChI=1S/C11H19N3O2S/c1-7(2)8(5-15)14-11(16)9-6-17-10(13-9)3-4-12/h6-8,15H,3-5,12H2,1-2H3,(H,14,16)/t8-/m1/s1. The van der Waals surface area contributed by atoms with Crippen molar-refractivity contribution in [3.63, 3.8) is 0 Å². The predicted molar refractivity (Wildman–Crippen MR) is 68.1 cm³/mol. The average molecular weight is 257 g/mol. The van der Waals surface area contributed by atoms with Gasteiger partial charge in [0.05, 0.1) is 17.7 Å². The van der Waals surface area contributed by atoms with Crippen LogP contribution in [0.25, 0.3) is 0 Å². The van der Waals surface area contributed by atoms with Gasteiger partial charge in [-0.3, -0.25) is 4.79 Å². The Bertz CT molecular complexity index is 365. The van der Waals surface area contributed by atoms with E-state index in [1.165, 1.54) is 11.3 Å². The second-order valence-electron chi connectivity index (χ2n) is 4.17. The highest BCUT2D eigenvalue weighted by Gasteiger charge is 2.17. The van der Waals surface area contributed by atoms with E-state index in [1.54, 1.807) is 5.38 Å². The molecule has 4 N–H and O–H groups in total. The monoisotopic (exact) mass is 257 g/mol. The second kappa shape index (κ2) is 6.68. The van der Waals surface area contributed by atoms with Gasteiger partial charge in [-0.05, 0) is 12.5 Å². The van der Waals surface area contributed by atoms with Crippen LogP contribution in [0.2, 0.25) is 0 Å². The van der Waals surface area contributed by atoms with Gasteiger partial charge in [0.15, 0.2) is 0 Å². The lowest BCUT2D eigenvalue weighted by Gasteiger charge is -2.19. The van der Waals surface area contributed by atoms with Crippen molar-refractivity contribution >= 4 is 17.2 Å². The molecule has 96 valence electrons. The number of aromatic nitrogens is 1. The number of hydrogen-bond donors (Lipinski definition) is 3. The maximum Gasteiger partial charge on any atom is 0.271 e. The molecule has 0 aliphatic heterocycles. The van der Waals surface area contributed by atoms with Crippen LogP contribution in [-0.2, 0) is 6.42 Å². The summed E-state index contributed by atoms with van der Waals surface area (Å²) < 4.78 is 0. The van der Waals surface area contributed by atoms with Crippen LogP contribution in [0.3, 0.4) is 0 Å². The molecule has 0 radical (unpaired) electrons. The molecule has 1 aromatic rings. The van der Waals surface area contributed by atoms with Crippen molar-refractivity contribution in [2.45, 2.75) is 26.3 Å². The lowest BCUT2D eigenvalue weighted by atomic mass is 10.1. The molecular formula is C11H19N3O2S. The molecule has 1 amide bonds. The SMILES string of the molecule is CC(C)[C@@H](CO)NC(=O)c1csc(CCN)n1. The summed E-state index contributed by atoms with van der Waals surface area (Å²) in [5.41, 5.74) is 5.82. The normalized spacial score (nSPS) is 12.8. The van der Waals surface area contributed by atoms with E-state index in [1.807, 2.05) is 13.8 Å². The Hall–Kier alpha value is -0.980. The van der Waals surface area contributed by atoms with Crippen LogP contribution < -0.4 is 11.1 Å². The van der Waals surface area contributed by atoms with Gasteiger partial charge < -0.3 is 16.2 Å². The number of aliphatic hydroxyl groups is 1. The summed E-state index contributed by atoms with van der Waals surface area (Å²) in [6.07, 6.45) is 0.686. The number of amides is 1. The number of thiazole rings is 1. The van der Waals surface area contributed by atoms with Crippen molar-refractivity contribution in [2.24, 2.45) is 11.7 Å². The first-order valence-corrected chi connectivity index (χ1v) is 6.52. The molecule has 1 atom stereocenters. The van der Waals surface area contributed by atoms with Gasteiger partial charge >= 0.3 is 0 Å². The maximum atomic E-state index is 11.8. The summed E-state index contributed by atoms with van der Waals surface area (Å²) in [5.74, 6) is -0.0524. The number of nitrogens with one attached hydrogen (secondary N) is 1. The van der Waals surface area contributed by atoms with E-state index in [0.29, 0.717) is 18.7 Å². The first kappa shape index (κ1) is 14.1. The molecule has 5 nitrogen and oxygen atoms in total. The maximum absolute atomic E-state index is 11.8. The van der Waals surface area contributed by atoms with Crippen molar-refractivity contribution in [2.75, 3.05) is 13.2 Å². The molecule has 0 spiro atoms. The first-order chi connectivity index (χ1) is 8.08. The number of nitrogens with two attached hydrogens (primary N) is 1. The molecule has 1 rings (SSSR count). The molecule has 1 heterocycles. The van der Waals surface area contributed by atoms with E-state index in [4.69, 9.17) is 10.8 Å². The van der Waals surface area contributed by atoms with E-state index < -0.39 is 0 Å². The molecule has 0 saturated carbocycles. The van der Waals surface area contributed by atoms with Crippen LogP contribution in [-0.4, -0.2) is 35.2 Å². The largest absolute Gasteiger partial charge is 0.394 e. The van der Waals surface area contributed by atoms with E-state index in [2.05, 4.69) is 10.3 Å². The number of aliphatic hydroxyl groups excluding tert-OH is 1. The number of rotatable bonds is 6. The number of carbonyl (C=O) groups is 1. The van der Waals surface area contributed by atoms with Gasteiger partial charge in [0.2, 0.25) is 0 Å². The minimum Gasteiger partial charge on any atom is -0.394 e. The Kier molecular flexibility index (Phi) is 5.54. The Morgan fingerprint density at radius 2 is 2.35 bits per heavy atom. The van der Waals surface area contributed by atoms with Crippen LogP contribution in [0.15, 0.2) is 5.38 Å². The summed E-state index contributed by atoms with van der Waals surface area (Å²) in [6, 6.07) is -0.234. The fraction of sp³-hybridized carbons (Fsp3) is 0.636. The van der Waals surface area contributed by atoms with E-state index in [9.17, 15) is 4.79 Å². The van der Waals surface area contributed by atoms with Gasteiger partial charge in [-0.1, -0.05) is 13.8 Å². The van der Waals surface area contributed by atoms with E-state index in [0.717, 1.165) is 5.01 Å². The quantitative estimate of drug-likeness (QED) is 0.688. The Morgan fingerprint density at radius 3 is 2.88 bits per heavy atom. The fourth-order valence-corrected chi connectivity index (χ4v) is 2.11. The molecular weight excluding hydrogens is 238 g/mol. The molecule has 0 bridgehead atoms. The highest BCUT2D eigenvalue weighted by molar-refractivity contribution is 7.09. The Balaban J connectivity index is 2.62. The molecule has 0 aliphatic carbocycles. The third kappa shape index (κ3) is 4.07. The number of nitrogens with zero attached hydrogens (tertiary/aromatic N) is 1. The summed E-state index contributed by atoms with van der Waals surface area (Å²) in [7, 11) is 0. The minimum atomic E-state index is -0.239. The highest BCUT2D eigenvalue weighted by atomic mass is 32.1. The lowest BCUT2D eigenvalue weighted by molar-refractivity contribution is 0.0892. The third-order valence-corrected chi connectivity index (χ3v) is 3.37. The van der Waals surface area contributed by atoms with Crippen molar-refractivity contribution in [1.82, 2.24) is 10.3 Å². The van der Waals surface area contributed by atoms with Crippen molar-refractivity contribution in [1.29, 1.82) is 0 Å². The number of hydrogen-bond acceptors (Lipinski definition) is 5. The summed E-state index contributed by atoms with van der Waals surface area (Å²) in [6.45, 7) is 4.35. The topological polar surface area (TPSA) is 88.2 Å². The highest BCUT2D eigenvalue weighted by Crippen LogP contribution is 2.11. The predicted octanol–water partition coefficient (Wildman–Crippen LogP) is 0.391. The van der Waals surface area contributed by atoms with Gasteiger partial charge in [0.1, 0.15) is 5.69 Å².